The zero-order valence-electron chi connectivity index (χ0n) is 13.7. The molecule has 3 nitrogen and oxygen atoms in total. The van der Waals surface area contributed by atoms with Gasteiger partial charge in [-0.3, -0.25) is 9.00 Å². The lowest BCUT2D eigenvalue weighted by atomic mass is 10.1. The Labute approximate surface area is 153 Å². The number of halogens is 1. The van der Waals surface area contributed by atoms with Crippen LogP contribution in [0.25, 0.3) is 0 Å². The van der Waals surface area contributed by atoms with Crippen molar-refractivity contribution in [3.63, 3.8) is 0 Å². The van der Waals surface area contributed by atoms with Gasteiger partial charge in [-0.15, -0.1) is 0 Å². The molecule has 24 heavy (non-hydrogen) atoms. The lowest BCUT2D eigenvalue weighted by molar-refractivity contribution is -0.117. The van der Waals surface area contributed by atoms with Crippen LogP contribution in [0.5, 0.6) is 0 Å². The molecule has 2 aromatic carbocycles. The first-order valence-corrected chi connectivity index (χ1v) is 10.4. The second-order valence-corrected chi connectivity index (χ2v) is 8.65. The highest BCUT2D eigenvalue weighted by atomic mass is 79.9. The summed E-state index contributed by atoms with van der Waals surface area (Å²) >= 11 is 3.43. The molecule has 0 radical (unpaired) electrons. The van der Waals surface area contributed by atoms with E-state index in [1.165, 1.54) is 5.56 Å². The van der Waals surface area contributed by atoms with Crippen LogP contribution in [0.2, 0.25) is 0 Å². The lowest BCUT2D eigenvalue weighted by Gasteiger charge is -2.12. The smallest absolute Gasteiger partial charge is 0.228 e. The Hall–Kier alpha value is -1.46. The molecule has 1 aliphatic carbocycles. The number of carbonyl (C=O) groups excluding carboxylic acids is 1. The topological polar surface area (TPSA) is 46.2 Å². The summed E-state index contributed by atoms with van der Waals surface area (Å²) in [6.07, 6.45) is 2.59. The standard InChI is InChI=1S/C19H20BrNO2S/c1-12-14(11-24(2)23)4-3-5-18(12)21-19(22)17-10-16(17)13-6-8-15(20)9-7-13/h3-9,16-17H,10-11H2,1-2H3,(H,21,22)/t16-,17+,24?/m0/s1. The average molecular weight is 406 g/mol. The Balaban J connectivity index is 1.68. The van der Waals surface area contributed by atoms with Gasteiger partial charge in [-0.2, -0.15) is 0 Å². The van der Waals surface area contributed by atoms with Gasteiger partial charge in [0, 0.05) is 38.9 Å². The minimum atomic E-state index is -0.893. The predicted octanol–water partition coefficient (Wildman–Crippen LogP) is 4.38. The minimum Gasteiger partial charge on any atom is -0.326 e. The summed E-state index contributed by atoms with van der Waals surface area (Å²) in [5.74, 6) is 0.931. The summed E-state index contributed by atoms with van der Waals surface area (Å²) in [5.41, 5.74) is 4.06. The molecule has 1 N–H and O–H groups in total. The molecule has 0 heterocycles. The molecule has 5 heteroatoms. The van der Waals surface area contributed by atoms with Crippen LogP contribution >= 0.6 is 15.9 Å². The first-order chi connectivity index (χ1) is 11.5. The second kappa shape index (κ2) is 7.19. The number of rotatable bonds is 5. The number of carbonyl (C=O) groups is 1. The van der Waals surface area contributed by atoms with Gasteiger partial charge in [-0.05, 0) is 54.2 Å². The van der Waals surface area contributed by atoms with E-state index in [2.05, 4.69) is 33.4 Å². The van der Waals surface area contributed by atoms with Crippen molar-refractivity contribution in [1.29, 1.82) is 0 Å². The van der Waals surface area contributed by atoms with Gasteiger partial charge in [-0.25, -0.2) is 0 Å². The molecule has 1 unspecified atom stereocenters. The number of hydrogen-bond donors (Lipinski definition) is 1. The largest absolute Gasteiger partial charge is 0.326 e. The SMILES string of the molecule is Cc1c(CS(C)=O)cccc1NC(=O)[C@@H]1C[C@H]1c1ccc(Br)cc1. The monoisotopic (exact) mass is 405 g/mol. The van der Waals surface area contributed by atoms with E-state index < -0.39 is 10.8 Å². The second-order valence-electron chi connectivity index (χ2n) is 6.30. The summed E-state index contributed by atoms with van der Waals surface area (Å²) < 4.78 is 12.5. The third-order valence-electron chi connectivity index (χ3n) is 4.49. The van der Waals surface area contributed by atoms with Gasteiger partial charge in [0.2, 0.25) is 5.91 Å². The molecule has 3 rings (SSSR count). The zero-order chi connectivity index (χ0) is 17.3. The quantitative estimate of drug-likeness (QED) is 0.801. The molecule has 0 aliphatic heterocycles. The Morgan fingerprint density at radius 3 is 2.62 bits per heavy atom. The molecule has 1 saturated carbocycles. The number of nitrogens with one attached hydrogen (secondary N) is 1. The molecule has 1 aliphatic rings. The highest BCUT2D eigenvalue weighted by molar-refractivity contribution is 9.10. The number of anilines is 1. The summed E-state index contributed by atoms with van der Waals surface area (Å²) in [4.78, 5) is 12.5. The number of amides is 1. The number of benzene rings is 2. The van der Waals surface area contributed by atoms with Crippen LogP contribution < -0.4 is 5.32 Å². The maximum Gasteiger partial charge on any atom is 0.228 e. The maximum atomic E-state index is 12.5. The van der Waals surface area contributed by atoms with E-state index >= 15 is 0 Å². The van der Waals surface area contributed by atoms with Gasteiger partial charge < -0.3 is 5.32 Å². The van der Waals surface area contributed by atoms with Crippen molar-refractivity contribution in [3.05, 3.63) is 63.6 Å². The van der Waals surface area contributed by atoms with E-state index in [4.69, 9.17) is 0 Å². The fourth-order valence-corrected chi connectivity index (χ4v) is 4.00. The molecular formula is C19H20BrNO2S. The van der Waals surface area contributed by atoms with Crippen LogP contribution in [0.1, 0.15) is 29.0 Å². The minimum absolute atomic E-state index is 0.0366. The van der Waals surface area contributed by atoms with E-state index in [0.717, 1.165) is 27.7 Å². The highest BCUT2D eigenvalue weighted by Gasteiger charge is 2.43. The molecule has 126 valence electrons. The van der Waals surface area contributed by atoms with Gasteiger partial charge in [0.05, 0.1) is 0 Å². The fourth-order valence-electron chi connectivity index (χ4n) is 2.98. The van der Waals surface area contributed by atoms with Crippen LogP contribution in [0.15, 0.2) is 46.9 Å². The zero-order valence-corrected chi connectivity index (χ0v) is 16.1. The van der Waals surface area contributed by atoms with Gasteiger partial charge in [-0.1, -0.05) is 40.2 Å². The van der Waals surface area contributed by atoms with E-state index in [1.54, 1.807) is 6.26 Å². The first kappa shape index (κ1) is 17.4. The molecule has 0 aromatic heterocycles. The van der Waals surface area contributed by atoms with Gasteiger partial charge in [0.1, 0.15) is 0 Å². The van der Waals surface area contributed by atoms with Crippen molar-refractivity contribution in [1.82, 2.24) is 0 Å². The van der Waals surface area contributed by atoms with Crippen molar-refractivity contribution in [2.24, 2.45) is 5.92 Å². The normalized spacial score (nSPS) is 20.5. The summed E-state index contributed by atoms with van der Waals surface area (Å²) in [6.45, 7) is 1.97. The van der Waals surface area contributed by atoms with E-state index in [9.17, 15) is 9.00 Å². The third-order valence-corrected chi connectivity index (χ3v) is 5.73. The molecule has 3 atom stereocenters. The van der Waals surface area contributed by atoms with Crippen molar-refractivity contribution in [3.8, 4) is 0 Å². The third kappa shape index (κ3) is 3.95. The van der Waals surface area contributed by atoms with E-state index in [-0.39, 0.29) is 11.8 Å². The van der Waals surface area contributed by atoms with Crippen LogP contribution in [-0.4, -0.2) is 16.4 Å². The van der Waals surface area contributed by atoms with Crippen LogP contribution in [0, 0.1) is 12.8 Å². The summed E-state index contributed by atoms with van der Waals surface area (Å²) in [7, 11) is -0.893. The molecule has 0 spiro atoms. The average Bonchev–Trinajstić information content (AvgIpc) is 3.32. The van der Waals surface area contributed by atoms with E-state index in [1.807, 2.05) is 37.3 Å². The van der Waals surface area contributed by atoms with Crippen molar-refractivity contribution < 1.29 is 9.00 Å². The van der Waals surface area contributed by atoms with Gasteiger partial charge in [0.25, 0.3) is 0 Å². The van der Waals surface area contributed by atoms with Crippen LogP contribution in [0.3, 0.4) is 0 Å². The fraction of sp³-hybridized carbons (Fsp3) is 0.316. The molecule has 1 fully saturated rings. The number of hydrogen-bond acceptors (Lipinski definition) is 2. The maximum absolute atomic E-state index is 12.5. The molecule has 0 bridgehead atoms. The Bertz CT molecular complexity index is 788. The van der Waals surface area contributed by atoms with Crippen molar-refractivity contribution in [2.75, 3.05) is 11.6 Å². The Morgan fingerprint density at radius 1 is 1.25 bits per heavy atom. The van der Waals surface area contributed by atoms with Crippen molar-refractivity contribution >= 4 is 38.3 Å². The van der Waals surface area contributed by atoms with E-state index in [0.29, 0.717) is 11.7 Å². The van der Waals surface area contributed by atoms with Crippen molar-refractivity contribution in [2.45, 2.75) is 25.0 Å². The summed E-state index contributed by atoms with van der Waals surface area (Å²) in [6, 6.07) is 14.0. The first-order valence-electron chi connectivity index (χ1n) is 7.90. The van der Waals surface area contributed by atoms with Gasteiger partial charge >= 0.3 is 0 Å². The Morgan fingerprint density at radius 2 is 1.96 bits per heavy atom. The summed E-state index contributed by atoms with van der Waals surface area (Å²) in [5, 5.41) is 3.05. The lowest BCUT2D eigenvalue weighted by Crippen LogP contribution is -2.16. The van der Waals surface area contributed by atoms with Gasteiger partial charge in [0.15, 0.2) is 0 Å². The van der Waals surface area contributed by atoms with Crippen LogP contribution in [0.4, 0.5) is 5.69 Å². The molecule has 2 aromatic rings. The predicted molar refractivity (Wildman–Crippen MR) is 103 cm³/mol. The highest BCUT2D eigenvalue weighted by Crippen LogP contribution is 2.48. The Kier molecular flexibility index (Phi) is 5.21. The van der Waals surface area contributed by atoms with Crippen LogP contribution in [-0.2, 0) is 21.3 Å². The molecule has 0 saturated heterocycles. The molecule has 1 amide bonds. The molecular weight excluding hydrogens is 386 g/mol.